The van der Waals surface area contributed by atoms with Crippen molar-refractivity contribution in [3.63, 3.8) is 0 Å². The maximum absolute atomic E-state index is 13.1. The number of para-hydroxylation sites is 1. The third-order valence-electron chi connectivity index (χ3n) is 2.77. The second-order valence-corrected chi connectivity index (χ2v) is 3.83. The summed E-state index contributed by atoms with van der Waals surface area (Å²) in [6, 6.07) is 5.37. The zero-order chi connectivity index (χ0) is 9.97. The summed E-state index contributed by atoms with van der Waals surface area (Å²) < 4.78 is 13.1. The molecule has 1 aromatic rings. The monoisotopic (exact) mass is 194 g/mol. The Bertz CT molecular complexity index is 319. The van der Waals surface area contributed by atoms with Crippen LogP contribution in [0.5, 0.6) is 0 Å². The minimum absolute atomic E-state index is 0.236. The van der Waals surface area contributed by atoms with Crippen molar-refractivity contribution in [2.24, 2.45) is 0 Å². The Labute approximate surface area is 83.3 Å². The quantitative estimate of drug-likeness (QED) is 0.710. The summed E-state index contributed by atoms with van der Waals surface area (Å²) in [5.74, 6) is -0.340. The largest absolute Gasteiger partial charge is 0.395 e. The van der Waals surface area contributed by atoms with Crippen LogP contribution in [0.2, 0.25) is 0 Å². The Balaban J connectivity index is 2.11. The van der Waals surface area contributed by atoms with Crippen molar-refractivity contribution in [3.05, 3.63) is 24.0 Å². The van der Waals surface area contributed by atoms with Gasteiger partial charge in [-0.2, -0.15) is 0 Å². The number of rotatable bonds is 2. The smallest absolute Gasteiger partial charge is 0.148 e. The third-order valence-corrected chi connectivity index (χ3v) is 2.77. The number of hydrogen-bond donors (Lipinski definition) is 2. The molecule has 0 atom stereocenters. The number of nitrogen functional groups attached to an aromatic ring is 1. The first kappa shape index (κ1) is 9.31. The topological polar surface area (TPSA) is 38.0 Å². The summed E-state index contributed by atoms with van der Waals surface area (Å²) in [5.41, 5.74) is 6.59. The van der Waals surface area contributed by atoms with E-state index < -0.39 is 0 Å². The van der Waals surface area contributed by atoms with E-state index in [9.17, 15) is 4.39 Å². The van der Waals surface area contributed by atoms with Gasteiger partial charge in [-0.05, 0) is 25.0 Å². The first-order valence-electron chi connectivity index (χ1n) is 5.08. The number of benzene rings is 1. The van der Waals surface area contributed by atoms with E-state index in [2.05, 4.69) is 5.32 Å². The molecule has 0 spiro atoms. The normalized spacial score (nSPS) is 17.2. The summed E-state index contributed by atoms with van der Waals surface area (Å²) in [7, 11) is 0. The van der Waals surface area contributed by atoms with E-state index in [1.165, 1.54) is 18.9 Å². The van der Waals surface area contributed by atoms with E-state index in [-0.39, 0.29) is 11.5 Å². The molecule has 0 aromatic heterocycles. The molecule has 3 heteroatoms. The van der Waals surface area contributed by atoms with Crippen LogP contribution in [0, 0.1) is 5.82 Å². The van der Waals surface area contributed by atoms with Crippen LogP contribution >= 0.6 is 0 Å². The highest BCUT2D eigenvalue weighted by Gasteiger charge is 2.15. The van der Waals surface area contributed by atoms with Gasteiger partial charge in [-0.1, -0.05) is 18.9 Å². The van der Waals surface area contributed by atoms with Gasteiger partial charge in [0.15, 0.2) is 0 Å². The van der Waals surface area contributed by atoms with Gasteiger partial charge in [-0.25, -0.2) is 4.39 Å². The van der Waals surface area contributed by atoms with Crippen LogP contribution < -0.4 is 11.1 Å². The van der Waals surface area contributed by atoms with Crippen LogP contribution in [0.3, 0.4) is 0 Å². The van der Waals surface area contributed by atoms with Crippen molar-refractivity contribution in [1.29, 1.82) is 0 Å². The Morgan fingerprint density at radius 3 is 2.71 bits per heavy atom. The molecule has 3 N–H and O–H groups in total. The SMILES string of the molecule is Nc1c(F)cccc1NC1CCCC1. The molecule has 0 radical (unpaired) electrons. The highest BCUT2D eigenvalue weighted by Crippen LogP contribution is 2.26. The summed E-state index contributed by atoms with van der Waals surface area (Å²) >= 11 is 0. The molecule has 0 aliphatic heterocycles. The number of nitrogens with one attached hydrogen (secondary N) is 1. The minimum atomic E-state index is -0.340. The Morgan fingerprint density at radius 2 is 2.00 bits per heavy atom. The van der Waals surface area contributed by atoms with Gasteiger partial charge < -0.3 is 11.1 Å². The van der Waals surface area contributed by atoms with Gasteiger partial charge in [-0.3, -0.25) is 0 Å². The second-order valence-electron chi connectivity index (χ2n) is 3.83. The highest BCUT2D eigenvalue weighted by atomic mass is 19.1. The predicted octanol–water partition coefficient (Wildman–Crippen LogP) is 2.76. The van der Waals surface area contributed by atoms with Crippen LogP contribution in [-0.4, -0.2) is 6.04 Å². The zero-order valence-electron chi connectivity index (χ0n) is 8.09. The molecule has 14 heavy (non-hydrogen) atoms. The summed E-state index contributed by atoms with van der Waals surface area (Å²) in [6.07, 6.45) is 4.84. The van der Waals surface area contributed by atoms with Gasteiger partial charge in [-0.15, -0.1) is 0 Å². The summed E-state index contributed by atoms with van der Waals surface area (Å²) in [4.78, 5) is 0. The van der Waals surface area contributed by atoms with Crippen molar-refractivity contribution < 1.29 is 4.39 Å². The highest BCUT2D eigenvalue weighted by molar-refractivity contribution is 5.66. The second kappa shape index (κ2) is 3.86. The molecule has 1 aromatic carbocycles. The van der Waals surface area contributed by atoms with E-state index in [4.69, 9.17) is 5.73 Å². The molecule has 0 amide bonds. The van der Waals surface area contributed by atoms with Crippen LogP contribution in [-0.2, 0) is 0 Å². The number of halogens is 1. The maximum Gasteiger partial charge on any atom is 0.148 e. The molecule has 0 saturated heterocycles. The molecular formula is C11H15FN2. The van der Waals surface area contributed by atoms with Crippen LogP contribution in [0.25, 0.3) is 0 Å². The fourth-order valence-electron chi connectivity index (χ4n) is 1.95. The van der Waals surface area contributed by atoms with Gasteiger partial charge in [0.1, 0.15) is 5.82 Å². The van der Waals surface area contributed by atoms with E-state index in [1.807, 2.05) is 6.07 Å². The standard InChI is InChI=1S/C11H15FN2/c12-9-6-3-7-10(11(9)13)14-8-4-1-2-5-8/h3,6-8,14H,1-2,4-5,13H2. The Hall–Kier alpha value is -1.25. The molecule has 0 bridgehead atoms. The molecule has 1 aliphatic rings. The zero-order valence-corrected chi connectivity index (χ0v) is 8.09. The number of nitrogens with two attached hydrogens (primary N) is 1. The van der Waals surface area contributed by atoms with Crippen molar-refractivity contribution >= 4 is 11.4 Å². The lowest BCUT2D eigenvalue weighted by molar-refractivity contribution is 0.632. The molecule has 2 rings (SSSR count). The molecule has 1 aliphatic carbocycles. The minimum Gasteiger partial charge on any atom is -0.395 e. The summed E-state index contributed by atoms with van der Waals surface area (Å²) in [5, 5.41) is 3.28. The lowest BCUT2D eigenvalue weighted by atomic mass is 10.2. The third kappa shape index (κ3) is 1.81. The summed E-state index contributed by atoms with van der Waals surface area (Å²) in [6.45, 7) is 0. The predicted molar refractivity (Wildman–Crippen MR) is 56.7 cm³/mol. The first-order valence-corrected chi connectivity index (χ1v) is 5.08. The van der Waals surface area contributed by atoms with Gasteiger partial charge >= 0.3 is 0 Å². The lowest BCUT2D eigenvalue weighted by Gasteiger charge is -2.15. The van der Waals surface area contributed by atoms with Gasteiger partial charge in [0.05, 0.1) is 11.4 Å². The van der Waals surface area contributed by atoms with Gasteiger partial charge in [0, 0.05) is 6.04 Å². The maximum atomic E-state index is 13.1. The van der Waals surface area contributed by atoms with Gasteiger partial charge in [0.25, 0.3) is 0 Å². The van der Waals surface area contributed by atoms with Crippen molar-refractivity contribution in [2.75, 3.05) is 11.1 Å². The molecule has 0 unspecified atom stereocenters. The molecule has 76 valence electrons. The molecule has 2 nitrogen and oxygen atoms in total. The fraction of sp³-hybridized carbons (Fsp3) is 0.455. The fourth-order valence-corrected chi connectivity index (χ4v) is 1.95. The Morgan fingerprint density at radius 1 is 1.29 bits per heavy atom. The van der Waals surface area contributed by atoms with E-state index >= 15 is 0 Å². The van der Waals surface area contributed by atoms with Crippen LogP contribution in [0.1, 0.15) is 25.7 Å². The average molecular weight is 194 g/mol. The van der Waals surface area contributed by atoms with E-state index in [0.717, 1.165) is 18.5 Å². The van der Waals surface area contributed by atoms with Crippen LogP contribution in [0.15, 0.2) is 18.2 Å². The Kier molecular flexibility index (Phi) is 2.57. The molecular weight excluding hydrogens is 179 g/mol. The average Bonchev–Trinajstić information content (AvgIpc) is 2.66. The molecule has 0 heterocycles. The van der Waals surface area contributed by atoms with Crippen molar-refractivity contribution in [3.8, 4) is 0 Å². The van der Waals surface area contributed by atoms with E-state index in [1.54, 1.807) is 6.07 Å². The van der Waals surface area contributed by atoms with Crippen molar-refractivity contribution in [1.82, 2.24) is 0 Å². The lowest BCUT2D eigenvalue weighted by Crippen LogP contribution is -2.15. The van der Waals surface area contributed by atoms with Crippen LogP contribution in [0.4, 0.5) is 15.8 Å². The van der Waals surface area contributed by atoms with Gasteiger partial charge in [0.2, 0.25) is 0 Å². The number of hydrogen-bond acceptors (Lipinski definition) is 2. The van der Waals surface area contributed by atoms with E-state index in [0.29, 0.717) is 6.04 Å². The van der Waals surface area contributed by atoms with Crippen molar-refractivity contribution in [2.45, 2.75) is 31.7 Å². The first-order chi connectivity index (χ1) is 6.77. The molecule has 1 fully saturated rings. The number of anilines is 2. The molecule has 1 saturated carbocycles.